The maximum atomic E-state index is 13.5. The lowest BCUT2D eigenvalue weighted by Crippen LogP contribution is -2.15. The number of non-ortho nitro benzene ring substituents is 1. The van der Waals surface area contributed by atoms with Crippen LogP contribution in [0.15, 0.2) is 36.4 Å². The molecule has 2 aromatic carbocycles. The highest BCUT2D eigenvalue weighted by molar-refractivity contribution is 6.08. The van der Waals surface area contributed by atoms with E-state index in [0.29, 0.717) is 0 Å². The Morgan fingerprint density at radius 1 is 1.24 bits per heavy atom. The molecule has 0 bridgehead atoms. The normalized spacial score (nSPS) is 10.2. The molecule has 0 heterocycles. The monoisotopic (exact) mass is 293 g/mol. The fourth-order valence-corrected chi connectivity index (χ4v) is 1.64. The number of nitrogen functional groups attached to an aromatic ring is 1. The van der Waals surface area contributed by atoms with Crippen LogP contribution in [0.3, 0.4) is 0 Å². The maximum absolute atomic E-state index is 13.5. The van der Waals surface area contributed by atoms with Gasteiger partial charge < -0.3 is 11.1 Å². The van der Waals surface area contributed by atoms with Crippen LogP contribution in [-0.2, 0) is 0 Å². The van der Waals surface area contributed by atoms with Crippen LogP contribution < -0.4 is 11.1 Å². The molecule has 6 nitrogen and oxygen atoms in total. The number of nitro benzene ring substituents is 1. The van der Waals surface area contributed by atoms with Crippen molar-refractivity contribution in [3.63, 3.8) is 0 Å². The molecule has 2 rings (SSSR count). The zero-order valence-corrected chi connectivity index (χ0v) is 10.5. The van der Waals surface area contributed by atoms with Gasteiger partial charge >= 0.3 is 0 Å². The minimum atomic E-state index is -1.23. The summed E-state index contributed by atoms with van der Waals surface area (Å²) in [6.07, 6.45) is 0. The van der Waals surface area contributed by atoms with Gasteiger partial charge in [0.05, 0.1) is 16.2 Å². The number of nitrogens with one attached hydrogen (secondary N) is 1. The number of rotatable bonds is 3. The van der Waals surface area contributed by atoms with Gasteiger partial charge in [0.15, 0.2) is 11.6 Å². The van der Waals surface area contributed by atoms with Crippen molar-refractivity contribution in [3.8, 4) is 0 Å². The maximum Gasteiger partial charge on any atom is 0.270 e. The summed E-state index contributed by atoms with van der Waals surface area (Å²) in [5.74, 6) is -3.23. The molecule has 0 aliphatic heterocycles. The average molecular weight is 293 g/mol. The molecule has 108 valence electrons. The molecule has 0 saturated heterocycles. The van der Waals surface area contributed by atoms with Gasteiger partial charge in [-0.2, -0.15) is 0 Å². The summed E-state index contributed by atoms with van der Waals surface area (Å²) in [7, 11) is 0. The molecular formula is C13H9F2N3O3. The van der Waals surface area contributed by atoms with E-state index in [1.807, 2.05) is 0 Å². The van der Waals surface area contributed by atoms with Crippen molar-refractivity contribution >= 4 is 23.0 Å². The van der Waals surface area contributed by atoms with Crippen molar-refractivity contribution in [3.05, 3.63) is 63.7 Å². The predicted molar refractivity (Wildman–Crippen MR) is 71.8 cm³/mol. The molecule has 2 aromatic rings. The van der Waals surface area contributed by atoms with E-state index in [4.69, 9.17) is 5.73 Å². The number of nitrogens with zero attached hydrogens (tertiary/aromatic N) is 1. The molecule has 8 heteroatoms. The Balaban J connectivity index is 2.34. The molecule has 21 heavy (non-hydrogen) atoms. The van der Waals surface area contributed by atoms with Crippen LogP contribution >= 0.6 is 0 Å². The first-order valence-electron chi connectivity index (χ1n) is 5.69. The third kappa shape index (κ3) is 2.94. The first-order chi connectivity index (χ1) is 9.90. The molecule has 0 fully saturated rings. The third-order valence-electron chi connectivity index (χ3n) is 2.69. The lowest BCUT2D eigenvalue weighted by Gasteiger charge is -2.08. The van der Waals surface area contributed by atoms with Crippen LogP contribution in [0.5, 0.6) is 0 Å². The van der Waals surface area contributed by atoms with E-state index in [1.54, 1.807) is 0 Å². The SMILES string of the molecule is Nc1ccc([N+](=O)[O-])cc1C(=O)Nc1cccc(F)c1F. The molecule has 0 aliphatic rings. The molecule has 0 saturated carbocycles. The van der Waals surface area contributed by atoms with E-state index in [9.17, 15) is 23.7 Å². The molecule has 0 radical (unpaired) electrons. The zero-order chi connectivity index (χ0) is 15.6. The van der Waals surface area contributed by atoms with Gasteiger partial charge in [0.25, 0.3) is 11.6 Å². The van der Waals surface area contributed by atoms with E-state index in [0.717, 1.165) is 24.3 Å². The Labute approximate surface area is 117 Å². The summed E-state index contributed by atoms with van der Waals surface area (Å²) in [4.78, 5) is 21.9. The van der Waals surface area contributed by atoms with Gasteiger partial charge in [0.2, 0.25) is 0 Å². The van der Waals surface area contributed by atoms with Gasteiger partial charge in [-0.25, -0.2) is 8.78 Å². The highest BCUT2D eigenvalue weighted by Gasteiger charge is 2.17. The largest absolute Gasteiger partial charge is 0.398 e. The number of nitrogens with two attached hydrogens (primary N) is 1. The van der Waals surface area contributed by atoms with Crippen LogP contribution in [0.4, 0.5) is 25.8 Å². The van der Waals surface area contributed by atoms with E-state index < -0.39 is 22.5 Å². The Hall–Kier alpha value is -3.03. The number of hydrogen-bond acceptors (Lipinski definition) is 4. The molecule has 0 aliphatic carbocycles. The highest BCUT2D eigenvalue weighted by atomic mass is 19.2. The fourth-order valence-electron chi connectivity index (χ4n) is 1.64. The number of carbonyl (C=O) groups excluding carboxylic acids is 1. The van der Waals surface area contributed by atoms with Gasteiger partial charge in [0.1, 0.15) is 0 Å². The summed E-state index contributed by atoms with van der Waals surface area (Å²) in [5.41, 5.74) is 4.62. The second-order valence-electron chi connectivity index (χ2n) is 4.08. The first kappa shape index (κ1) is 14.4. The number of nitro groups is 1. The van der Waals surface area contributed by atoms with Crippen LogP contribution in [0.1, 0.15) is 10.4 Å². The van der Waals surface area contributed by atoms with E-state index in [2.05, 4.69) is 5.32 Å². The Bertz CT molecular complexity index is 735. The van der Waals surface area contributed by atoms with Crippen LogP contribution in [0.25, 0.3) is 0 Å². The van der Waals surface area contributed by atoms with Crippen molar-refractivity contribution < 1.29 is 18.5 Å². The van der Waals surface area contributed by atoms with E-state index >= 15 is 0 Å². The smallest absolute Gasteiger partial charge is 0.270 e. The number of amides is 1. The Kier molecular flexibility index (Phi) is 3.79. The van der Waals surface area contributed by atoms with Crippen molar-refractivity contribution in [1.82, 2.24) is 0 Å². The number of benzene rings is 2. The minimum Gasteiger partial charge on any atom is -0.398 e. The minimum absolute atomic E-state index is 0.0186. The quantitative estimate of drug-likeness (QED) is 0.516. The molecular weight excluding hydrogens is 284 g/mol. The third-order valence-corrected chi connectivity index (χ3v) is 2.69. The summed E-state index contributed by atoms with van der Waals surface area (Å²) in [6.45, 7) is 0. The molecule has 3 N–H and O–H groups in total. The van der Waals surface area contributed by atoms with Crippen molar-refractivity contribution in [2.45, 2.75) is 0 Å². The number of halogens is 2. The van der Waals surface area contributed by atoms with Gasteiger partial charge in [-0.05, 0) is 18.2 Å². The number of anilines is 2. The van der Waals surface area contributed by atoms with Crippen molar-refractivity contribution in [2.75, 3.05) is 11.1 Å². The van der Waals surface area contributed by atoms with Crippen molar-refractivity contribution in [1.29, 1.82) is 0 Å². The number of hydrogen-bond donors (Lipinski definition) is 2. The lowest BCUT2D eigenvalue weighted by atomic mass is 10.1. The standard InChI is InChI=1S/C13H9F2N3O3/c14-9-2-1-3-11(12(9)15)17-13(19)8-6-7(18(20)21)4-5-10(8)16/h1-6H,16H2,(H,17,19). The number of carbonyl (C=O) groups is 1. The fraction of sp³-hybridized carbons (Fsp3) is 0. The van der Waals surface area contributed by atoms with E-state index in [1.165, 1.54) is 12.1 Å². The first-order valence-corrected chi connectivity index (χ1v) is 5.69. The topological polar surface area (TPSA) is 98.3 Å². The van der Waals surface area contributed by atoms with Gasteiger partial charge in [0, 0.05) is 17.8 Å². The summed E-state index contributed by atoms with van der Waals surface area (Å²) in [6, 6.07) is 6.55. The molecule has 0 aromatic heterocycles. The Morgan fingerprint density at radius 3 is 2.62 bits per heavy atom. The van der Waals surface area contributed by atoms with Crippen LogP contribution in [0, 0.1) is 21.7 Å². The summed E-state index contributed by atoms with van der Waals surface area (Å²) < 4.78 is 26.5. The summed E-state index contributed by atoms with van der Waals surface area (Å²) >= 11 is 0. The predicted octanol–water partition coefficient (Wildman–Crippen LogP) is 2.71. The van der Waals surface area contributed by atoms with Crippen LogP contribution in [0.2, 0.25) is 0 Å². The van der Waals surface area contributed by atoms with Crippen molar-refractivity contribution in [2.24, 2.45) is 0 Å². The molecule has 1 amide bonds. The van der Waals surface area contributed by atoms with Gasteiger partial charge in [-0.15, -0.1) is 0 Å². The van der Waals surface area contributed by atoms with Gasteiger partial charge in [-0.3, -0.25) is 14.9 Å². The van der Waals surface area contributed by atoms with Gasteiger partial charge in [-0.1, -0.05) is 6.07 Å². The molecule has 0 unspecified atom stereocenters. The molecule has 0 spiro atoms. The molecule has 0 atom stereocenters. The average Bonchev–Trinajstić information content (AvgIpc) is 2.44. The lowest BCUT2D eigenvalue weighted by molar-refractivity contribution is -0.384. The second-order valence-corrected chi connectivity index (χ2v) is 4.08. The summed E-state index contributed by atoms with van der Waals surface area (Å²) in [5, 5.41) is 12.8. The zero-order valence-electron chi connectivity index (χ0n) is 10.5. The van der Waals surface area contributed by atoms with E-state index in [-0.39, 0.29) is 22.6 Å². The second kappa shape index (κ2) is 5.53. The van der Waals surface area contributed by atoms with Crippen LogP contribution in [-0.4, -0.2) is 10.8 Å². The Morgan fingerprint density at radius 2 is 1.95 bits per heavy atom. The highest BCUT2D eigenvalue weighted by Crippen LogP contribution is 2.22.